The third-order valence-electron chi connectivity index (χ3n) is 3.97. The van der Waals surface area contributed by atoms with Gasteiger partial charge >= 0.3 is 0 Å². The summed E-state index contributed by atoms with van der Waals surface area (Å²) >= 11 is 5.89. The molecule has 0 unspecified atom stereocenters. The molecule has 0 saturated heterocycles. The summed E-state index contributed by atoms with van der Waals surface area (Å²) in [6.07, 6.45) is 8.57. The van der Waals surface area contributed by atoms with Gasteiger partial charge in [-0.05, 0) is 23.8 Å². The maximum Gasteiger partial charge on any atom is 0.0184 e. The monoisotopic (exact) mass is 326 g/mol. The topological polar surface area (TPSA) is 0 Å². The SMILES string of the molecule is BrCC1(CSCc2ccccc2)CCCCCC1. The summed E-state index contributed by atoms with van der Waals surface area (Å²) in [4.78, 5) is 0. The zero-order chi connectivity index (χ0) is 12.7. The lowest BCUT2D eigenvalue weighted by Gasteiger charge is -2.30. The molecule has 1 saturated carbocycles. The largest absolute Gasteiger partial charge is 0.157 e. The van der Waals surface area contributed by atoms with E-state index in [-0.39, 0.29) is 0 Å². The van der Waals surface area contributed by atoms with Crippen molar-refractivity contribution in [2.24, 2.45) is 5.41 Å². The van der Waals surface area contributed by atoms with E-state index in [0.29, 0.717) is 5.41 Å². The Morgan fingerprint density at radius 1 is 1.00 bits per heavy atom. The quantitative estimate of drug-likeness (QED) is 0.497. The Bertz CT molecular complexity index is 328. The fraction of sp³-hybridized carbons (Fsp3) is 0.625. The highest BCUT2D eigenvalue weighted by atomic mass is 79.9. The van der Waals surface area contributed by atoms with Crippen molar-refractivity contribution in [3.8, 4) is 0 Å². The van der Waals surface area contributed by atoms with E-state index in [1.165, 1.54) is 55.2 Å². The van der Waals surface area contributed by atoms with Gasteiger partial charge in [0.15, 0.2) is 0 Å². The first-order valence-electron chi connectivity index (χ1n) is 7.02. The van der Waals surface area contributed by atoms with E-state index in [0.717, 1.165) is 5.75 Å². The standard InChI is InChI=1S/C16H23BrS/c17-13-16(10-6-1-2-7-11-16)14-18-12-15-8-4-3-5-9-15/h3-5,8-9H,1-2,6-7,10-14H2. The lowest BCUT2D eigenvalue weighted by molar-refractivity contribution is 0.334. The number of thioether (sulfide) groups is 1. The Hall–Kier alpha value is 0.0500. The summed E-state index contributed by atoms with van der Waals surface area (Å²) in [5, 5.41) is 1.18. The molecule has 0 radical (unpaired) electrons. The Morgan fingerprint density at radius 3 is 2.28 bits per heavy atom. The second-order valence-corrected chi connectivity index (χ2v) is 7.07. The molecule has 0 bridgehead atoms. The molecule has 100 valence electrons. The summed E-state index contributed by atoms with van der Waals surface area (Å²) < 4.78 is 0. The zero-order valence-corrected chi connectivity index (χ0v) is 13.4. The van der Waals surface area contributed by atoms with Crippen LogP contribution < -0.4 is 0 Å². The number of benzene rings is 1. The van der Waals surface area contributed by atoms with Crippen LogP contribution >= 0.6 is 27.7 Å². The van der Waals surface area contributed by atoms with Crippen molar-refractivity contribution in [2.45, 2.75) is 44.3 Å². The van der Waals surface area contributed by atoms with Crippen LogP contribution in [0, 0.1) is 5.41 Å². The van der Waals surface area contributed by atoms with E-state index in [2.05, 4.69) is 58.0 Å². The van der Waals surface area contributed by atoms with Crippen molar-refractivity contribution in [3.05, 3.63) is 35.9 Å². The molecule has 0 heterocycles. The van der Waals surface area contributed by atoms with Crippen molar-refractivity contribution in [1.82, 2.24) is 0 Å². The molecular formula is C16H23BrS. The maximum absolute atomic E-state index is 3.78. The van der Waals surface area contributed by atoms with Crippen LogP contribution in [0.4, 0.5) is 0 Å². The molecule has 2 rings (SSSR count). The van der Waals surface area contributed by atoms with Crippen LogP contribution in [0.15, 0.2) is 30.3 Å². The number of hydrogen-bond acceptors (Lipinski definition) is 1. The highest BCUT2D eigenvalue weighted by Crippen LogP contribution is 2.39. The molecule has 1 aromatic carbocycles. The van der Waals surface area contributed by atoms with Crippen LogP contribution in [-0.2, 0) is 5.75 Å². The highest BCUT2D eigenvalue weighted by Gasteiger charge is 2.29. The van der Waals surface area contributed by atoms with Crippen LogP contribution in [-0.4, -0.2) is 11.1 Å². The number of alkyl halides is 1. The predicted octanol–water partition coefficient (Wildman–Crippen LogP) is 5.66. The fourth-order valence-corrected chi connectivity index (χ4v) is 5.13. The van der Waals surface area contributed by atoms with Crippen LogP contribution in [0.3, 0.4) is 0 Å². The molecule has 18 heavy (non-hydrogen) atoms. The van der Waals surface area contributed by atoms with Gasteiger partial charge in [-0.2, -0.15) is 11.8 Å². The molecule has 0 N–H and O–H groups in total. The van der Waals surface area contributed by atoms with E-state index in [1.54, 1.807) is 0 Å². The van der Waals surface area contributed by atoms with Crippen LogP contribution in [0.25, 0.3) is 0 Å². The minimum absolute atomic E-state index is 0.565. The van der Waals surface area contributed by atoms with E-state index >= 15 is 0 Å². The molecule has 2 heteroatoms. The van der Waals surface area contributed by atoms with E-state index < -0.39 is 0 Å². The van der Waals surface area contributed by atoms with Gasteiger partial charge in [0.1, 0.15) is 0 Å². The lowest BCUT2D eigenvalue weighted by atomic mass is 9.85. The van der Waals surface area contributed by atoms with Gasteiger partial charge in [0.05, 0.1) is 0 Å². The summed E-state index contributed by atoms with van der Waals surface area (Å²) in [5.41, 5.74) is 2.02. The molecule has 1 fully saturated rings. The van der Waals surface area contributed by atoms with Gasteiger partial charge in [-0.3, -0.25) is 0 Å². The smallest absolute Gasteiger partial charge is 0.0184 e. The van der Waals surface area contributed by atoms with Crippen LogP contribution in [0.1, 0.15) is 44.1 Å². The first-order chi connectivity index (χ1) is 8.85. The predicted molar refractivity (Wildman–Crippen MR) is 86.5 cm³/mol. The zero-order valence-electron chi connectivity index (χ0n) is 11.0. The molecule has 1 aliphatic rings. The van der Waals surface area contributed by atoms with Gasteiger partial charge in [-0.25, -0.2) is 0 Å². The summed E-state index contributed by atoms with van der Waals surface area (Å²) in [6, 6.07) is 10.9. The van der Waals surface area contributed by atoms with Gasteiger partial charge in [-0.15, -0.1) is 0 Å². The number of halogens is 1. The first-order valence-corrected chi connectivity index (χ1v) is 9.30. The number of rotatable bonds is 5. The van der Waals surface area contributed by atoms with Crippen LogP contribution in [0.5, 0.6) is 0 Å². The highest BCUT2D eigenvalue weighted by molar-refractivity contribution is 9.09. The molecule has 0 nitrogen and oxygen atoms in total. The van der Waals surface area contributed by atoms with E-state index in [9.17, 15) is 0 Å². The third-order valence-corrected chi connectivity index (χ3v) is 6.51. The molecule has 0 amide bonds. The summed E-state index contributed by atoms with van der Waals surface area (Å²) in [7, 11) is 0. The molecule has 1 aliphatic carbocycles. The van der Waals surface area contributed by atoms with Crippen molar-refractivity contribution in [3.63, 3.8) is 0 Å². The van der Waals surface area contributed by atoms with Crippen molar-refractivity contribution >= 4 is 27.7 Å². The summed E-state index contributed by atoms with van der Waals surface area (Å²) in [5.74, 6) is 2.47. The Balaban J connectivity index is 1.83. The number of hydrogen-bond donors (Lipinski definition) is 0. The van der Waals surface area contributed by atoms with Crippen molar-refractivity contribution in [2.75, 3.05) is 11.1 Å². The van der Waals surface area contributed by atoms with Gasteiger partial charge in [0.2, 0.25) is 0 Å². The normalized spacial score (nSPS) is 19.4. The van der Waals surface area contributed by atoms with Gasteiger partial charge in [-0.1, -0.05) is 71.9 Å². The lowest BCUT2D eigenvalue weighted by Crippen LogP contribution is -2.25. The minimum atomic E-state index is 0.565. The molecular weight excluding hydrogens is 304 g/mol. The second kappa shape index (κ2) is 7.59. The minimum Gasteiger partial charge on any atom is -0.157 e. The Morgan fingerprint density at radius 2 is 1.67 bits per heavy atom. The molecule has 0 aromatic heterocycles. The maximum atomic E-state index is 3.78. The summed E-state index contributed by atoms with van der Waals surface area (Å²) in [6.45, 7) is 0. The average molecular weight is 327 g/mol. The van der Waals surface area contributed by atoms with Gasteiger partial charge in [0.25, 0.3) is 0 Å². The van der Waals surface area contributed by atoms with Gasteiger partial charge in [0, 0.05) is 16.8 Å². The van der Waals surface area contributed by atoms with E-state index in [1.807, 2.05) is 0 Å². The second-order valence-electron chi connectivity index (χ2n) is 5.53. The fourth-order valence-electron chi connectivity index (χ4n) is 2.75. The first kappa shape index (κ1) is 14.5. The molecule has 0 atom stereocenters. The molecule has 0 aliphatic heterocycles. The van der Waals surface area contributed by atoms with Crippen molar-refractivity contribution in [1.29, 1.82) is 0 Å². The molecule has 0 spiro atoms. The van der Waals surface area contributed by atoms with Gasteiger partial charge < -0.3 is 0 Å². The van der Waals surface area contributed by atoms with E-state index in [4.69, 9.17) is 0 Å². The Labute approximate surface area is 124 Å². The third kappa shape index (κ3) is 4.31. The van der Waals surface area contributed by atoms with Crippen LogP contribution in [0.2, 0.25) is 0 Å². The molecule has 1 aromatic rings. The van der Waals surface area contributed by atoms with Crippen molar-refractivity contribution < 1.29 is 0 Å². The Kier molecular flexibility index (Phi) is 6.10. The average Bonchev–Trinajstić information content (AvgIpc) is 2.66.